The van der Waals surface area contributed by atoms with Gasteiger partial charge in [-0.3, -0.25) is 0 Å². The van der Waals surface area contributed by atoms with E-state index in [2.05, 4.69) is 29.1 Å². The molecular weight excluding hydrogens is 265 g/mol. The lowest BCUT2D eigenvalue weighted by Gasteiger charge is -2.33. The monoisotopic (exact) mass is 293 g/mol. The van der Waals surface area contributed by atoms with Gasteiger partial charge in [-0.1, -0.05) is 19.1 Å². The summed E-state index contributed by atoms with van der Waals surface area (Å²) >= 11 is 0. The standard InChI is InChI=1S/C17H28FN3/c1-3-8-19-17(15-5-4-6-16(18)14-15)7-9-21-12-10-20(2)11-13-21/h4-6,14,17,19H,3,7-13H2,1-2H3. The summed E-state index contributed by atoms with van der Waals surface area (Å²) in [6.45, 7) is 8.78. The average Bonchev–Trinajstić information content (AvgIpc) is 2.49. The molecule has 0 bridgehead atoms. The van der Waals surface area contributed by atoms with Crippen molar-refractivity contribution < 1.29 is 4.39 Å². The third-order valence-electron chi connectivity index (χ3n) is 4.22. The molecule has 1 heterocycles. The van der Waals surface area contributed by atoms with E-state index >= 15 is 0 Å². The van der Waals surface area contributed by atoms with Gasteiger partial charge in [-0.15, -0.1) is 0 Å². The lowest BCUT2D eigenvalue weighted by atomic mass is 10.0. The highest BCUT2D eigenvalue weighted by Gasteiger charge is 2.17. The van der Waals surface area contributed by atoms with Crippen LogP contribution in [0.25, 0.3) is 0 Å². The number of hydrogen-bond acceptors (Lipinski definition) is 3. The van der Waals surface area contributed by atoms with E-state index < -0.39 is 0 Å². The predicted octanol–water partition coefficient (Wildman–Crippen LogP) is 2.50. The Hall–Kier alpha value is -0.970. The molecule has 1 aromatic rings. The molecule has 1 unspecified atom stereocenters. The van der Waals surface area contributed by atoms with Crippen molar-refractivity contribution in [3.63, 3.8) is 0 Å². The van der Waals surface area contributed by atoms with Crippen molar-refractivity contribution >= 4 is 0 Å². The number of rotatable bonds is 7. The summed E-state index contributed by atoms with van der Waals surface area (Å²) in [5, 5.41) is 3.56. The number of hydrogen-bond donors (Lipinski definition) is 1. The first kappa shape index (κ1) is 16.4. The van der Waals surface area contributed by atoms with Crippen molar-refractivity contribution in [1.82, 2.24) is 15.1 Å². The molecule has 1 fully saturated rings. The van der Waals surface area contributed by atoms with Gasteiger partial charge < -0.3 is 15.1 Å². The van der Waals surface area contributed by atoms with Crippen LogP contribution in [0.3, 0.4) is 0 Å². The summed E-state index contributed by atoms with van der Waals surface area (Å²) in [4.78, 5) is 4.88. The van der Waals surface area contributed by atoms with Crippen molar-refractivity contribution in [1.29, 1.82) is 0 Å². The van der Waals surface area contributed by atoms with Gasteiger partial charge in [0.1, 0.15) is 5.82 Å². The second-order valence-electron chi connectivity index (χ2n) is 6.00. The van der Waals surface area contributed by atoms with Crippen LogP contribution in [0, 0.1) is 5.82 Å². The summed E-state index contributed by atoms with van der Waals surface area (Å²) in [5.74, 6) is -0.143. The third-order valence-corrected chi connectivity index (χ3v) is 4.22. The quantitative estimate of drug-likeness (QED) is 0.833. The number of halogens is 1. The first-order valence-electron chi connectivity index (χ1n) is 8.08. The Labute approximate surface area is 128 Å². The highest BCUT2D eigenvalue weighted by atomic mass is 19.1. The van der Waals surface area contributed by atoms with E-state index in [0.717, 1.165) is 57.7 Å². The maximum Gasteiger partial charge on any atom is 0.123 e. The van der Waals surface area contributed by atoms with Gasteiger partial charge in [-0.05, 0) is 44.1 Å². The normalized spacial score (nSPS) is 18.8. The van der Waals surface area contributed by atoms with Crippen molar-refractivity contribution in [2.24, 2.45) is 0 Å². The van der Waals surface area contributed by atoms with Crippen molar-refractivity contribution in [3.8, 4) is 0 Å². The topological polar surface area (TPSA) is 18.5 Å². The first-order valence-corrected chi connectivity index (χ1v) is 8.08. The number of piperazine rings is 1. The van der Waals surface area contributed by atoms with Crippen LogP contribution in [-0.2, 0) is 0 Å². The number of likely N-dealkylation sites (N-methyl/N-ethyl adjacent to an activating group) is 1. The molecule has 1 aliphatic heterocycles. The predicted molar refractivity (Wildman–Crippen MR) is 86.0 cm³/mol. The van der Waals surface area contributed by atoms with Crippen molar-refractivity contribution in [2.75, 3.05) is 46.3 Å². The van der Waals surface area contributed by atoms with Gasteiger partial charge in [-0.2, -0.15) is 0 Å². The SMILES string of the molecule is CCCNC(CCN1CCN(C)CC1)c1cccc(F)c1. The molecule has 1 atom stereocenters. The molecule has 0 spiro atoms. The van der Waals surface area contributed by atoms with E-state index in [1.165, 1.54) is 6.07 Å². The molecule has 1 N–H and O–H groups in total. The summed E-state index contributed by atoms with van der Waals surface area (Å²) in [6.07, 6.45) is 2.13. The maximum atomic E-state index is 13.4. The Morgan fingerprint density at radius 2 is 2.00 bits per heavy atom. The van der Waals surface area contributed by atoms with E-state index in [4.69, 9.17) is 0 Å². The second kappa shape index (κ2) is 8.47. The molecule has 4 heteroatoms. The Balaban J connectivity index is 1.90. The molecule has 0 aliphatic carbocycles. The maximum absolute atomic E-state index is 13.4. The zero-order valence-corrected chi connectivity index (χ0v) is 13.3. The van der Waals surface area contributed by atoms with Gasteiger partial charge in [-0.25, -0.2) is 4.39 Å². The summed E-state index contributed by atoms with van der Waals surface area (Å²) < 4.78 is 13.4. The fraction of sp³-hybridized carbons (Fsp3) is 0.647. The van der Waals surface area contributed by atoms with Crippen LogP contribution in [0.5, 0.6) is 0 Å². The molecule has 2 rings (SSSR count). The summed E-state index contributed by atoms with van der Waals surface area (Å²) in [7, 11) is 2.18. The lowest BCUT2D eigenvalue weighted by molar-refractivity contribution is 0.148. The van der Waals surface area contributed by atoms with Crippen LogP contribution in [0.1, 0.15) is 31.4 Å². The Morgan fingerprint density at radius 1 is 1.24 bits per heavy atom. The molecule has 0 saturated carbocycles. The lowest BCUT2D eigenvalue weighted by Crippen LogP contribution is -2.45. The van der Waals surface area contributed by atoms with E-state index in [1.807, 2.05) is 6.07 Å². The van der Waals surface area contributed by atoms with Gasteiger partial charge in [0.05, 0.1) is 0 Å². The smallest absolute Gasteiger partial charge is 0.123 e. The average molecular weight is 293 g/mol. The molecule has 0 radical (unpaired) electrons. The van der Waals surface area contributed by atoms with E-state index in [9.17, 15) is 4.39 Å². The van der Waals surface area contributed by atoms with Gasteiger partial charge in [0, 0.05) is 38.8 Å². The fourth-order valence-electron chi connectivity index (χ4n) is 2.81. The van der Waals surface area contributed by atoms with E-state index in [1.54, 1.807) is 12.1 Å². The Kier molecular flexibility index (Phi) is 6.61. The summed E-state index contributed by atoms with van der Waals surface area (Å²) in [6, 6.07) is 7.26. The van der Waals surface area contributed by atoms with E-state index in [-0.39, 0.29) is 11.9 Å². The minimum atomic E-state index is -0.143. The van der Waals surface area contributed by atoms with Crippen LogP contribution in [-0.4, -0.2) is 56.1 Å². The molecule has 1 aliphatic rings. The Bertz CT molecular complexity index is 416. The number of nitrogens with one attached hydrogen (secondary N) is 1. The Morgan fingerprint density at radius 3 is 2.67 bits per heavy atom. The van der Waals surface area contributed by atoms with Gasteiger partial charge in [0.25, 0.3) is 0 Å². The zero-order chi connectivity index (χ0) is 15.1. The van der Waals surface area contributed by atoms with Crippen LogP contribution in [0.4, 0.5) is 4.39 Å². The molecule has 1 saturated heterocycles. The molecule has 0 amide bonds. The molecule has 0 aromatic heterocycles. The molecule has 3 nitrogen and oxygen atoms in total. The first-order chi connectivity index (χ1) is 10.2. The largest absolute Gasteiger partial charge is 0.310 e. The van der Waals surface area contributed by atoms with Crippen LogP contribution in [0.15, 0.2) is 24.3 Å². The van der Waals surface area contributed by atoms with E-state index in [0.29, 0.717) is 0 Å². The zero-order valence-electron chi connectivity index (χ0n) is 13.3. The molecular formula is C17H28FN3. The minimum Gasteiger partial charge on any atom is -0.310 e. The third kappa shape index (κ3) is 5.38. The van der Waals surface area contributed by atoms with Gasteiger partial charge in [0.2, 0.25) is 0 Å². The molecule has 118 valence electrons. The van der Waals surface area contributed by atoms with Crippen molar-refractivity contribution in [2.45, 2.75) is 25.8 Å². The molecule has 21 heavy (non-hydrogen) atoms. The number of benzene rings is 1. The van der Waals surface area contributed by atoms with Gasteiger partial charge in [0.15, 0.2) is 0 Å². The minimum absolute atomic E-state index is 0.143. The summed E-state index contributed by atoms with van der Waals surface area (Å²) in [5.41, 5.74) is 1.07. The second-order valence-corrected chi connectivity index (χ2v) is 6.00. The van der Waals surface area contributed by atoms with Crippen LogP contribution < -0.4 is 5.32 Å². The fourth-order valence-corrected chi connectivity index (χ4v) is 2.81. The van der Waals surface area contributed by atoms with Crippen LogP contribution in [0.2, 0.25) is 0 Å². The van der Waals surface area contributed by atoms with Crippen LogP contribution >= 0.6 is 0 Å². The van der Waals surface area contributed by atoms with Gasteiger partial charge >= 0.3 is 0 Å². The number of nitrogens with zero attached hydrogens (tertiary/aromatic N) is 2. The highest BCUT2D eigenvalue weighted by molar-refractivity contribution is 5.20. The molecule has 1 aromatic carbocycles. The van der Waals surface area contributed by atoms with Crippen molar-refractivity contribution in [3.05, 3.63) is 35.6 Å². The highest BCUT2D eigenvalue weighted by Crippen LogP contribution is 2.19.